The lowest BCUT2D eigenvalue weighted by atomic mass is 10.2. The number of hydrogen-bond acceptors (Lipinski definition) is 3. The predicted molar refractivity (Wildman–Crippen MR) is 88.1 cm³/mol. The molecule has 1 saturated heterocycles. The van der Waals surface area contributed by atoms with Gasteiger partial charge in [0.1, 0.15) is 0 Å². The second-order valence-electron chi connectivity index (χ2n) is 5.44. The molecule has 2 N–H and O–H groups in total. The van der Waals surface area contributed by atoms with Crippen LogP contribution in [0.3, 0.4) is 0 Å². The van der Waals surface area contributed by atoms with E-state index >= 15 is 0 Å². The minimum Gasteiger partial charge on any atom is -0.334 e. The zero-order valence-electron chi connectivity index (χ0n) is 12.4. The number of nitrogens with two attached hydrogens (primary N) is 1. The Morgan fingerprint density at radius 2 is 2.09 bits per heavy atom. The average molecular weight is 321 g/mol. The number of carbonyl (C=O) groups excluding carboxylic acids is 1. The normalized spacial score (nSPS) is 17.3. The Morgan fingerprint density at radius 1 is 1.32 bits per heavy atom. The molecule has 0 saturated carbocycles. The standard InChI is InChI=1S/C16H20N4O.ClH/c17-9-15-7-4-8-20(15)16(21)14-10-18-19(12-14)11-13-5-2-1-3-6-13;/h1-3,5-6,10,12,15H,4,7-9,11,17H2;1H. The van der Waals surface area contributed by atoms with Crippen molar-refractivity contribution in [3.05, 3.63) is 53.9 Å². The molecule has 1 aromatic heterocycles. The second-order valence-corrected chi connectivity index (χ2v) is 5.44. The van der Waals surface area contributed by atoms with Crippen LogP contribution in [0.25, 0.3) is 0 Å². The molecule has 0 radical (unpaired) electrons. The Labute approximate surface area is 136 Å². The summed E-state index contributed by atoms with van der Waals surface area (Å²) >= 11 is 0. The fraction of sp³-hybridized carbons (Fsp3) is 0.375. The molecule has 5 nitrogen and oxygen atoms in total. The molecule has 2 aromatic rings. The summed E-state index contributed by atoms with van der Waals surface area (Å²) in [7, 11) is 0. The maximum Gasteiger partial charge on any atom is 0.257 e. The second kappa shape index (κ2) is 7.42. The summed E-state index contributed by atoms with van der Waals surface area (Å²) in [6.07, 6.45) is 5.50. The van der Waals surface area contributed by atoms with Crippen molar-refractivity contribution in [2.24, 2.45) is 5.73 Å². The lowest BCUT2D eigenvalue weighted by Crippen LogP contribution is -2.39. The first-order valence-electron chi connectivity index (χ1n) is 7.35. The van der Waals surface area contributed by atoms with E-state index in [1.807, 2.05) is 41.4 Å². The van der Waals surface area contributed by atoms with Gasteiger partial charge in [-0.05, 0) is 18.4 Å². The molecular formula is C16H21ClN4O. The van der Waals surface area contributed by atoms with E-state index in [0.717, 1.165) is 19.4 Å². The maximum absolute atomic E-state index is 12.5. The lowest BCUT2D eigenvalue weighted by Gasteiger charge is -2.22. The van der Waals surface area contributed by atoms with Gasteiger partial charge in [-0.1, -0.05) is 30.3 Å². The van der Waals surface area contributed by atoms with Crippen LogP contribution in [0.4, 0.5) is 0 Å². The number of nitrogens with zero attached hydrogens (tertiary/aromatic N) is 3. The molecule has 2 heterocycles. The highest BCUT2D eigenvalue weighted by atomic mass is 35.5. The van der Waals surface area contributed by atoms with Gasteiger partial charge in [-0.2, -0.15) is 5.10 Å². The molecule has 1 unspecified atom stereocenters. The summed E-state index contributed by atoms with van der Waals surface area (Å²) in [6.45, 7) is 2.00. The molecule has 1 aromatic carbocycles. The molecule has 0 aliphatic carbocycles. The minimum atomic E-state index is 0. The van der Waals surface area contributed by atoms with Crippen LogP contribution < -0.4 is 5.73 Å². The quantitative estimate of drug-likeness (QED) is 0.936. The molecule has 0 spiro atoms. The van der Waals surface area contributed by atoms with Crippen molar-refractivity contribution in [1.82, 2.24) is 14.7 Å². The molecule has 118 valence electrons. The van der Waals surface area contributed by atoms with Gasteiger partial charge in [-0.25, -0.2) is 0 Å². The monoisotopic (exact) mass is 320 g/mol. The summed E-state index contributed by atoms with van der Waals surface area (Å²) in [5, 5.41) is 4.29. The summed E-state index contributed by atoms with van der Waals surface area (Å²) in [5.74, 6) is 0.0438. The number of aromatic nitrogens is 2. The molecule has 1 atom stereocenters. The van der Waals surface area contributed by atoms with Crippen LogP contribution in [-0.2, 0) is 6.54 Å². The summed E-state index contributed by atoms with van der Waals surface area (Å²) in [4.78, 5) is 14.4. The number of benzene rings is 1. The van der Waals surface area contributed by atoms with Gasteiger partial charge in [0.25, 0.3) is 5.91 Å². The largest absolute Gasteiger partial charge is 0.334 e. The van der Waals surface area contributed by atoms with E-state index in [1.54, 1.807) is 10.9 Å². The number of halogens is 1. The molecular weight excluding hydrogens is 300 g/mol. The molecule has 0 bridgehead atoms. The van der Waals surface area contributed by atoms with E-state index in [2.05, 4.69) is 5.10 Å². The molecule has 1 fully saturated rings. The first-order valence-corrected chi connectivity index (χ1v) is 7.35. The van der Waals surface area contributed by atoms with E-state index < -0.39 is 0 Å². The van der Waals surface area contributed by atoms with Crippen LogP contribution in [0.1, 0.15) is 28.8 Å². The number of carbonyl (C=O) groups is 1. The fourth-order valence-electron chi connectivity index (χ4n) is 2.84. The van der Waals surface area contributed by atoms with Crippen LogP contribution in [0, 0.1) is 0 Å². The number of hydrogen-bond donors (Lipinski definition) is 1. The third kappa shape index (κ3) is 3.48. The van der Waals surface area contributed by atoms with Crippen molar-refractivity contribution in [2.45, 2.75) is 25.4 Å². The van der Waals surface area contributed by atoms with Crippen molar-refractivity contribution < 1.29 is 4.79 Å². The van der Waals surface area contributed by atoms with Crippen molar-refractivity contribution in [3.63, 3.8) is 0 Å². The van der Waals surface area contributed by atoms with E-state index in [1.165, 1.54) is 5.56 Å². The van der Waals surface area contributed by atoms with Crippen LogP contribution in [0.5, 0.6) is 0 Å². The molecule has 22 heavy (non-hydrogen) atoms. The molecule has 1 amide bonds. The molecule has 1 aliphatic rings. The highest BCUT2D eigenvalue weighted by Crippen LogP contribution is 2.19. The van der Waals surface area contributed by atoms with Gasteiger partial charge < -0.3 is 10.6 Å². The van der Waals surface area contributed by atoms with Gasteiger partial charge in [0.05, 0.1) is 18.3 Å². The zero-order chi connectivity index (χ0) is 14.7. The van der Waals surface area contributed by atoms with E-state index in [4.69, 9.17) is 5.73 Å². The Kier molecular flexibility index (Phi) is 5.57. The lowest BCUT2D eigenvalue weighted by molar-refractivity contribution is 0.0741. The smallest absolute Gasteiger partial charge is 0.257 e. The zero-order valence-corrected chi connectivity index (χ0v) is 13.2. The van der Waals surface area contributed by atoms with Gasteiger partial charge in [0.2, 0.25) is 0 Å². The van der Waals surface area contributed by atoms with Crippen LogP contribution >= 0.6 is 12.4 Å². The van der Waals surface area contributed by atoms with Gasteiger partial charge in [0.15, 0.2) is 0 Å². The predicted octanol–water partition coefficient (Wildman–Crippen LogP) is 1.92. The first-order chi connectivity index (χ1) is 10.3. The number of likely N-dealkylation sites (tertiary alicyclic amines) is 1. The van der Waals surface area contributed by atoms with Crippen LogP contribution in [-0.4, -0.2) is 39.7 Å². The minimum absolute atomic E-state index is 0. The summed E-state index contributed by atoms with van der Waals surface area (Å²) in [5.41, 5.74) is 7.54. The van der Waals surface area contributed by atoms with Crippen molar-refractivity contribution >= 4 is 18.3 Å². The van der Waals surface area contributed by atoms with Crippen molar-refractivity contribution in [3.8, 4) is 0 Å². The summed E-state index contributed by atoms with van der Waals surface area (Å²) in [6, 6.07) is 10.3. The number of amides is 1. The van der Waals surface area contributed by atoms with Crippen LogP contribution in [0.15, 0.2) is 42.7 Å². The topological polar surface area (TPSA) is 64.2 Å². The highest BCUT2D eigenvalue weighted by Gasteiger charge is 2.28. The third-order valence-corrected chi connectivity index (χ3v) is 3.98. The van der Waals surface area contributed by atoms with Gasteiger partial charge in [-0.15, -0.1) is 12.4 Å². The number of rotatable bonds is 4. The Hall–Kier alpha value is -1.85. The highest BCUT2D eigenvalue weighted by molar-refractivity contribution is 5.94. The molecule has 1 aliphatic heterocycles. The first kappa shape index (κ1) is 16.5. The van der Waals surface area contributed by atoms with E-state index in [-0.39, 0.29) is 24.4 Å². The molecule has 6 heteroatoms. The average Bonchev–Trinajstić information content (AvgIpc) is 3.16. The van der Waals surface area contributed by atoms with Gasteiger partial charge >= 0.3 is 0 Å². The fourth-order valence-corrected chi connectivity index (χ4v) is 2.84. The SMILES string of the molecule is Cl.NCC1CCCN1C(=O)c1cnn(Cc2ccccc2)c1. The Morgan fingerprint density at radius 3 is 2.82 bits per heavy atom. The summed E-state index contributed by atoms with van der Waals surface area (Å²) < 4.78 is 1.80. The van der Waals surface area contributed by atoms with Gasteiger partial charge in [-0.3, -0.25) is 9.48 Å². The van der Waals surface area contributed by atoms with Gasteiger partial charge in [0, 0.05) is 25.3 Å². The van der Waals surface area contributed by atoms with E-state index in [0.29, 0.717) is 18.7 Å². The third-order valence-electron chi connectivity index (χ3n) is 3.98. The molecule has 3 rings (SSSR count). The Balaban J connectivity index is 0.00000176. The van der Waals surface area contributed by atoms with E-state index in [9.17, 15) is 4.79 Å². The van der Waals surface area contributed by atoms with Crippen molar-refractivity contribution in [1.29, 1.82) is 0 Å². The maximum atomic E-state index is 12.5. The Bertz CT molecular complexity index is 614. The van der Waals surface area contributed by atoms with Crippen LogP contribution in [0.2, 0.25) is 0 Å². The van der Waals surface area contributed by atoms with Crippen molar-refractivity contribution in [2.75, 3.05) is 13.1 Å².